The van der Waals surface area contributed by atoms with Gasteiger partial charge >= 0.3 is 0 Å². The smallest absolute Gasteiger partial charge is 0.150 e. The molecule has 2 unspecified atom stereocenters. The van der Waals surface area contributed by atoms with Crippen LogP contribution in [0.3, 0.4) is 0 Å². The predicted molar refractivity (Wildman–Crippen MR) is 70.0 cm³/mol. The van der Waals surface area contributed by atoms with Crippen LogP contribution < -0.4 is 5.73 Å². The molecule has 2 atom stereocenters. The van der Waals surface area contributed by atoms with E-state index in [1.54, 1.807) is 0 Å². The lowest BCUT2D eigenvalue weighted by atomic mass is 9.79. The van der Waals surface area contributed by atoms with E-state index in [9.17, 15) is 4.79 Å². The molecule has 0 amide bonds. The van der Waals surface area contributed by atoms with Crippen molar-refractivity contribution in [3.8, 4) is 0 Å². The molecule has 0 radical (unpaired) electrons. The molecule has 2 rings (SSSR count). The summed E-state index contributed by atoms with van der Waals surface area (Å²) in [6.07, 6.45) is 4.83. The summed E-state index contributed by atoms with van der Waals surface area (Å²) >= 11 is 0. The summed E-state index contributed by atoms with van der Waals surface area (Å²) in [6.45, 7) is 1.97. The molecule has 0 saturated heterocycles. The maximum absolute atomic E-state index is 11.9. The third-order valence-corrected chi connectivity index (χ3v) is 3.79. The van der Waals surface area contributed by atoms with Gasteiger partial charge in [-0.05, 0) is 42.7 Å². The zero-order chi connectivity index (χ0) is 12.3. The zero-order valence-corrected chi connectivity index (χ0v) is 10.5. The maximum atomic E-state index is 11.9. The summed E-state index contributed by atoms with van der Waals surface area (Å²) < 4.78 is 0. The third kappa shape index (κ3) is 2.75. The van der Waals surface area contributed by atoms with E-state index in [1.165, 1.54) is 17.5 Å². The fraction of sp³-hybridized carbons (Fsp3) is 0.533. The molecular weight excluding hydrogens is 210 g/mol. The Morgan fingerprint density at radius 2 is 2.24 bits per heavy atom. The normalized spacial score (nSPS) is 20.7. The van der Waals surface area contributed by atoms with Gasteiger partial charge in [0.25, 0.3) is 0 Å². The van der Waals surface area contributed by atoms with E-state index in [1.807, 2.05) is 6.92 Å². The lowest BCUT2D eigenvalue weighted by Gasteiger charge is -2.25. The van der Waals surface area contributed by atoms with Crippen molar-refractivity contribution >= 4 is 5.78 Å². The second-order valence-electron chi connectivity index (χ2n) is 4.97. The third-order valence-electron chi connectivity index (χ3n) is 3.79. The van der Waals surface area contributed by atoms with Crippen LogP contribution in [0.25, 0.3) is 0 Å². The van der Waals surface area contributed by atoms with Gasteiger partial charge in [-0.3, -0.25) is 4.79 Å². The maximum Gasteiger partial charge on any atom is 0.150 e. The Labute approximate surface area is 103 Å². The molecule has 2 heteroatoms. The lowest BCUT2D eigenvalue weighted by molar-refractivity contribution is -0.120. The summed E-state index contributed by atoms with van der Waals surface area (Å²) in [4.78, 5) is 11.9. The molecule has 0 aliphatic heterocycles. The van der Waals surface area contributed by atoms with Gasteiger partial charge in [-0.15, -0.1) is 0 Å². The van der Waals surface area contributed by atoms with Crippen molar-refractivity contribution in [2.75, 3.05) is 0 Å². The van der Waals surface area contributed by atoms with Crippen LogP contribution in [0.2, 0.25) is 0 Å². The number of ketones is 1. The molecule has 2 N–H and O–H groups in total. The molecule has 1 aliphatic rings. The summed E-state index contributed by atoms with van der Waals surface area (Å²) in [5, 5.41) is 0. The lowest BCUT2D eigenvalue weighted by Crippen LogP contribution is -2.31. The quantitative estimate of drug-likeness (QED) is 0.866. The van der Waals surface area contributed by atoms with E-state index in [2.05, 4.69) is 24.3 Å². The summed E-state index contributed by atoms with van der Waals surface area (Å²) in [5.41, 5.74) is 8.59. The van der Waals surface area contributed by atoms with Gasteiger partial charge in [0.05, 0.1) is 6.04 Å². The fourth-order valence-electron chi connectivity index (χ4n) is 2.69. The molecule has 1 aromatic rings. The minimum Gasteiger partial charge on any atom is -0.322 e. The van der Waals surface area contributed by atoms with Crippen LogP contribution >= 0.6 is 0 Å². The molecule has 92 valence electrons. The first-order valence-corrected chi connectivity index (χ1v) is 6.58. The predicted octanol–water partition coefficient (Wildman–Crippen LogP) is 2.80. The Hall–Kier alpha value is -1.15. The largest absolute Gasteiger partial charge is 0.322 e. The molecule has 0 spiro atoms. The SMILES string of the molecule is CCC(N)C(=O)CC1CCCc2ccccc21. The molecule has 1 aromatic carbocycles. The van der Waals surface area contributed by atoms with E-state index in [4.69, 9.17) is 5.73 Å². The summed E-state index contributed by atoms with van der Waals surface area (Å²) in [6, 6.07) is 8.24. The topological polar surface area (TPSA) is 43.1 Å². The van der Waals surface area contributed by atoms with Crippen molar-refractivity contribution in [1.82, 2.24) is 0 Å². The highest BCUT2D eigenvalue weighted by molar-refractivity contribution is 5.84. The van der Waals surface area contributed by atoms with Gasteiger partial charge in [-0.2, -0.15) is 0 Å². The Morgan fingerprint density at radius 3 is 3.00 bits per heavy atom. The highest BCUT2D eigenvalue weighted by atomic mass is 16.1. The van der Waals surface area contributed by atoms with E-state index in [0.29, 0.717) is 12.3 Å². The van der Waals surface area contributed by atoms with Gasteiger partial charge in [-0.1, -0.05) is 31.2 Å². The van der Waals surface area contributed by atoms with Crippen LogP contribution in [0.1, 0.15) is 49.7 Å². The number of hydrogen-bond acceptors (Lipinski definition) is 2. The van der Waals surface area contributed by atoms with Crippen molar-refractivity contribution < 1.29 is 4.79 Å². The monoisotopic (exact) mass is 231 g/mol. The number of Topliss-reactive ketones (excluding diaryl/α,β-unsaturated/α-hetero) is 1. The van der Waals surface area contributed by atoms with Crippen LogP contribution in [0, 0.1) is 0 Å². The van der Waals surface area contributed by atoms with Gasteiger partial charge < -0.3 is 5.73 Å². The van der Waals surface area contributed by atoms with Gasteiger partial charge in [-0.25, -0.2) is 0 Å². The molecule has 0 aromatic heterocycles. The number of carbonyl (C=O) groups excluding carboxylic acids is 1. The number of hydrogen-bond donors (Lipinski definition) is 1. The molecule has 0 fully saturated rings. The average molecular weight is 231 g/mol. The summed E-state index contributed by atoms with van der Waals surface area (Å²) in [5.74, 6) is 0.610. The number of rotatable bonds is 4. The molecule has 0 saturated carbocycles. The van der Waals surface area contributed by atoms with Crippen molar-refractivity contribution in [2.45, 2.75) is 51.0 Å². The van der Waals surface area contributed by atoms with E-state index < -0.39 is 0 Å². The van der Waals surface area contributed by atoms with Crippen molar-refractivity contribution in [3.05, 3.63) is 35.4 Å². The zero-order valence-electron chi connectivity index (χ0n) is 10.5. The molecule has 17 heavy (non-hydrogen) atoms. The molecule has 0 bridgehead atoms. The first-order chi connectivity index (χ1) is 8.22. The number of benzene rings is 1. The number of fused-ring (bicyclic) bond motifs is 1. The summed E-state index contributed by atoms with van der Waals surface area (Å²) in [7, 11) is 0. The van der Waals surface area contributed by atoms with E-state index in [-0.39, 0.29) is 11.8 Å². The molecule has 1 aliphatic carbocycles. The van der Waals surface area contributed by atoms with Crippen molar-refractivity contribution in [2.24, 2.45) is 5.73 Å². The van der Waals surface area contributed by atoms with Crippen molar-refractivity contribution in [3.63, 3.8) is 0 Å². The molecule has 0 heterocycles. The number of nitrogens with two attached hydrogens (primary N) is 1. The van der Waals surface area contributed by atoms with E-state index >= 15 is 0 Å². The second kappa shape index (κ2) is 5.46. The first-order valence-electron chi connectivity index (χ1n) is 6.58. The van der Waals surface area contributed by atoms with Crippen LogP contribution in [-0.2, 0) is 11.2 Å². The van der Waals surface area contributed by atoms with Crippen LogP contribution in [0.15, 0.2) is 24.3 Å². The Morgan fingerprint density at radius 1 is 1.47 bits per heavy atom. The molecule has 2 nitrogen and oxygen atoms in total. The Balaban J connectivity index is 2.11. The van der Waals surface area contributed by atoms with Crippen LogP contribution in [0.5, 0.6) is 0 Å². The van der Waals surface area contributed by atoms with Gasteiger partial charge in [0.1, 0.15) is 5.78 Å². The number of carbonyl (C=O) groups is 1. The van der Waals surface area contributed by atoms with Crippen molar-refractivity contribution in [1.29, 1.82) is 0 Å². The number of aryl methyl sites for hydroxylation is 1. The fourth-order valence-corrected chi connectivity index (χ4v) is 2.69. The first kappa shape index (κ1) is 12.3. The van der Waals surface area contributed by atoms with Gasteiger partial charge in [0.15, 0.2) is 0 Å². The highest BCUT2D eigenvalue weighted by Gasteiger charge is 2.23. The molecular formula is C15H21NO. The van der Waals surface area contributed by atoms with Gasteiger partial charge in [0.2, 0.25) is 0 Å². The average Bonchev–Trinajstić information content (AvgIpc) is 2.38. The van der Waals surface area contributed by atoms with Crippen LogP contribution in [0.4, 0.5) is 0 Å². The standard InChI is InChI=1S/C15H21NO/c1-2-14(16)15(17)10-12-8-5-7-11-6-3-4-9-13(11)12/h3-4,6,9,12,14H,2,5,7-8,10,16H2,1H3. The second-order valence-corrected chi connectivity index (χ2v) is 4.97. The van der Waals surface area contributed by atoms with Gasteiger partial charge in [0, 0.05) is 6.42 Å². The Bertz CT molecular complexity index is 400. The minimum absolute atomic E-state index is 0.217. The van der Waals surface area contributed by atoms with Crippen LogP contribution in [-0.4, -0.2) is 11.8 Å². The highest BCUT2D eigenvalue weighted by Crippen LogP contribution is 2.34. The Kier molecular flexibility index (Phi) is 3.95. The van der Waals surface area contributed by atoms with E-state index in [0.717, 1.165) is 19.3 Å². The minimum atomic E-state index is -0.274.